The van der Waals surface area contributed by atoms with Crippen LogP contribution in [0.3, 0.4) is 0 Å². The fourth-order valence-electron chi connectivity index (χ4n) is 5.41. The predicted octanol–water partition coefficient (Wildman–Crippen LogP) is -0.833. The monoisotopic (exact) mass is 520 g/mol. The second kappa shape index (κ2) is 8.76. The van der Waals surface area contributed by atoms with Crippen molar-refractivity contribution in [3.05, 3.63) is 0 Å². The summed E-state index contributed by atoms with van der Waals surface area (Å²) in [6.07, 6.45) is 0. The average Bonchev–Trinajstić information content (AvgIpc) is 2.71. The minimum absolute atomic E-state index is 0.946. The van der Waals surface area contributed by atoms with E-state index in [4.69, 9.17) is 40.9 Å². The van der Waals surface area contributed by atoms with Crippen molar-refractivity contribution in [1.29, 1.82) is 0 Å². The first-order chi connectivity index (χ1) is 16.0. The van der Waals surface area contributed by atoms with Crippen molar-refractivity contribution in [3.63, 3.8) is 0 Å². The van der Waals surface area contributed by atoms with Gasteiger partial charge in [-0.1, -0.05) is 0 Å². The van der Waals surface area contributed by atoms with E-state index in [-0.39, 0.29) is 0 Å². The molecule has 16 heteroatoms. The van der Waals surface area contributed by atoms with Gasteiger partial charge < -0.3 is 40.9 Å². The molecule has 0 aromatic carbocycles. The summed E-state index contributed by atoms with van der Waals surface area (Å²) in [5.41, 5.74) is -8.69. The summed E-state index contributed by atoms with van der Waals surface area (Å²) in [5, 5.41) is 72.0. The molecule has 2 aliphatic rings. The van der Waals surface area contributed by atoms with Crippen LogP contribution in [0, 0.1) is 45.3 Å². The number of carbonyl (C=O) groups is 8. The molecule has 0 aromatic rings. The SMILES string of the molecule is CC1(C(=O)O)C(C(=O)O)C(C(=O)O)C1(C)C(=O)O.CC1(C(=O)O)C(C(=O)O)C(C(=O)O)C1(C)C(=O)O. The molecule has 0 bridgehead atoms. The van der Waals surface area contributed by atoms with Gasteiger partial charge >= 0.3 is 47.8 Å². The number of rotatable bonds is 8. The number of aliphatic carboxylic acids is 8. The number of carboxylic acids is 8. The third kappa shape index (κ3) is 3.35. The Morgan fingerprint density at radius 1 is 0.361 bits per heavy atom. The Hall–Kier alpha value is -4.24. The molecule has 0 spiro atoms. The predicted molar refractivity (Wildman–Crippen MR) is 107 cm³/mol. The maximum atomic E-state index is 11.2. The molecule has 16 nitrogen and oxygen atoms in total. The minimum atomic E-state index is -2.17. The van der Waals surface area contributed by atoms with Gasteiger partial charge in [0.2, 0.25) is 0 Å². The smallest absolute Gasteiger partial charge is 0.311 e. The topological polar surface area (TPSA) is 298 Å². The van der Waals surface area contributed by atoms with Crippen LogP contribution in [-0.2, 0) is 38.4 Å². The van der Waals surface area contributed by atoms with E-state index in [1.165, 1.54) is 0 Å². The summed E-state index contributed by atoms with van der Waals surface area (Å²) >= 11 is 0. The molecule has 0 aromatic heterocycles. The highest BCUT2D eigenvalue weighted by Crippen LogP contribution is 2.66. The highest BCUT2D eigenvalue weighted by molar-refractivity contribution is 6.01. The molecular formula is C20H24O16. The second-order valence-electron chi connectivity index (χ2n) is 9.29. The van der Waals surface area contributed by atoms with Crippen molar-refractivity contribution >= 4 is 47.8 Å². The van der Waals surface area contributed by atoms with Crippen molar-refractivity contribution in [2.45, 2.75) is 27.7 Å². The lowest BCUT2D eigenvalue weighted by Crippen LogP contribution is -2.73. The molecule has 8 atom stereocenters. The summed E-state index contributed by atoms with van der Waals surface area (Å²) in [6, 6.07) is 0. The van der Waals surface area contributed by atoms with Crippen molar-refractivity contribution in [3.8, 4) is 0 Å². The molecule has 2 aliphatic carbocycles. The van der Waals surface area contributed by atoms with Crippen molar-refractivity contribution < 1.29 is 79.2 Å². The Morgan fingerprint density at radius 2 is 0.472 bits per heavy atom. The molecular weight excluding hydrogens is 496 g/mol. The van der Waals surface area contributed by atoms with Gasteiger partial charge in [0.15, 0.2) is 0 Å². The van der Waals surface area contributed by atoms with E-state index in [0.717, 1.165) is 27.7 Å². The van der Waals surface area contributed by atoms with Gasteiger partial charge in [-0.25, -0.2) is 0 Å². The molecule has 0 heterocycles. The van der Waals surface area contributed by atoms with Crippen LogP contribution in [0.4, 0.5) is 0 Å². The fraction of sp³-hybridized carbons (Fsp3) is 0.600. The van der Waals surface area contributed by atoms with Gasteiger partial charge in [0.25, 0.3) is 0 Å². The van der Waals surface area contributed by atoms with Gasteiger partial charge in [0.1, 0.15) is 0 Å². The van der Waals surface area contributed by atoms with Crippen molar-refractivity contribution in [1.82, 2.24) is 0 Å². The summed E-state index contributed by atoms with van der Waals surface area (Å²) in [5.74, 6) is -20.2. The van der Waals surface area contributed by atoms with E-state index in [2.05, 4.69) is 0 Å². The zero-order valence-corrected chi connectivity index (χ0v) is 19.2. The quantitative estimate of drug-likeness (QED) is 0.193. The average molecular weight is 520 g/mol. The molecule has 0 saturated heterocycles. The summed E-state index contributed by atoms with van der Waals surface area (Å²) in [4.78, 5) is 88.8. The highest BCUT2D eigenvalue weighted by Gasteiger charge is 2.80. The summed E-state index contributed by atoms with van der Waals surface area (Å²) in [7, 11) is 0. The van der Waals surface area contributed by atoms with Crippen LogP contribution in [0.25, 0.3) is 0 Å². The van der Waals surface area contributed by atoms with Crippen LogP contribution >= 0.6 is 0 Å². The molecule has 36 heavy (non-hydrogen) atoms. The standard InChI is InChI=1S/2C10H12O8/c2*1-9(7(15)16)3(5(11)12)4(6(13)14)10(9,2)8(17)18/h2*3-4H,1-2H3,(H,11,12)(H,13,14)(H,15,16)(H,17,18). The van der Waals surface area contributed by atoms with Crippen molar-refractivity contribution in [2.75, 3.05) is 0 Å². The molecule has 200 valence electrons. The lowest BCUT2D eigenvalue weighted by molar-refractivity contribution is -0.232. The van der Waals surface area contributed by atoms with Crippen LogP contribution < -0.4 is 0 Å². The molecule has 8 N–H and O–H groups in total. The van der Waals surface area contributed by atoms with E-state index in [9.17, 15) is 38.4 Å². The van der Waals surface area contributed by atoms with Crippen LogP contribution in [0.1, 0.15) is 27.7 Å². The van der Waals surface area contributed by atoms with E-state index in [1.54, 1.807) is 0 Å². The van der Waals surface area contributed by atoms with E-state index >= 15 is 0 Å². The minimum Gasteiger partial charge on any atom is -0.481 e. The maximum Gasteiger partial charge on any atom is 0.311 e. The van der Waals surface area contributed by atoms with Crippen molar-refractivity contribution in [2.24, 2.45) is 45.3 Å². The number of carboxylic acid groups (broad SMARTS) is 8. The molecule has 0 amide bonds. The molecule has 8 unspecified atom stereocenters. The maximum absolute atomic E-state index is 11.2. The molecule has 0 radical (unpaired) electrons. The van der Waals surface area contributed by atoms with E-state index < -0.39 is 93.1 Å². The third-order valence-electron chi connectivity index (χ3n) is 8.15. The largest absolute Gasteiger partial charge is 0.481 e. The van der Waals surface area contributed by atoms with E-state index in [1.807, 2.05) is 0 Å². The van der Waals surface area contributed by atoms with Gasteiger partial charge in [-0.15, -0.1) is 0 Å². The lowest BCUT2D eigenvalue weighted by Gasteiger charge is -2.58. The number of hydrogen-bond donors (Lipinski definition) is 8. The fourth-order valence-corrected chi connectivity index (χ4v) is 5.41. The van der Waals surface area contributed by atoms with Gasteiger partial charge in [0, 0.05) is 0 Å². The van der Waals surface area contributed by atoms with Gasteiger partial charge in [-0.05, 0) is 27.7 Å². The Balaban J connectivity index is 0.000000360. The molecule has 2 saturated carbocycles. The molecule has 2 rings (SSSR count). The van der Waals surface area contributed by atoms with Crippen LogP contribution in [0.2, 0.25) is 0 Å². The summed E-state index contributed by atoms with van der Waals surface area (Å²) < 4.78 is 0. The Bertz CT molecular complexity index is 910. The van der Waals surface area contributed by atoms with Crippen LogP contribution in [0.5, 0.6) is 0 Å². The molecule has 0 aliphatic heterocycles. The first kappa shape index (κ1) is 29.8. The normalized spacial score (nSPS) is 38.6. The highest BCUT2D eigenvalue weighted by atomic mass is 16.4. The van der Waals surface area contributed by atoms with Gasteiger partial charge in [-0.2, -0.15) is 0 Å². The van der Waals surface area contributed by atoms with Crippen LogP contribution in [0.15, 0.2) is 0 Å². The lowest BCUT2D eigenvalue weighted by atomic mass is 9.39. The Kier molecular flexibility index (Phi) is 7.25. The zero-order chi connectivity index (χ0) is 28.9. The van der Waals surface area contributed by atoms with Gasteiger partial charge in [0.05, 0.1) is 45.3 Å². The van der Waals surface area contributed by atoms with Gasteiger partial charge in [-0.3, -0.25) is 38.4 Å². The van der Waals surface area contributed by atoms with E-state index in [0.29, 0.717) is 0 Å². The second-order valence-corrected chi connectivity index (χ2v) is 9.29. The van der Waals surface area contributed by atoms with Crippen LogP contribution in [-0.4, -0.2) is 88.6 Å². The first-order valence-electron chi connectivity index (χ1n) is 9.90. The Morgan fingerprint density at radius 3 is 0.528 bits per heavy atom. The Labute approximate surface area is 200 Å². The number of hydrogen-bond acceptors (Lipinski definition) is 8. The zero-order valence-electron chi connectivity index (χ0n) is 19.2. The summed E-state index contributed by atoms with van der Waals surface area (Å²) in [6.45, 7) is 3.78. The third-order valence-corrected chi connectivity index (χ3v) is 8.15. The molecule has 2 fully saturated rings. The first-order valence-corrected chi connectivity index (χ1v) is 9.90.